The summed E-state index contributed by atoms with van der Waals surface area (Å²) in [6.07, 6.45) is 0. The molecule has 1 aromatic carbocycles. The number of halogens is 3. The second kappa shape index (κ2) is 3.39. The fraction of sp³-hybridized carbons (Fsp3) is 0.250. The zero-order chi connectivity index (χ0) is 9.19. The Kier molecular flexibility index (Phi) is 2.67. The summed E-state index contributed by atoms with van der Waals surface area (Å²) in [7, 11) is 0. The van der Waals surface area contributed by atoms with Gasteiger partial charge < -0.3 is 0 Å². The molecule has 0 nitrogen and oxygen atoms in total. The van der Waals surface area contributed by atoms with Gasteiger partial charge in [-0.25, -0.2) is 4.39 Å². The molecule has 0 fully saturated rings. The summed E-state index contributed by atoms with van der Waals surface area (Å²) >= 11 is 3.87. The van der Waals surface area contributed by atoms with E-state index in [1.54, 1.807) is 6.07 Å². The Labute approximate surface area is 73.8 Å². The van der Waals surface area contributed by atoms with Gasteiger partial charge in [-0.3, -0.25) is 0 Å². The number of thiol groups is 1. The second-order valence-corrected chi connectivity index (χ2v) is 2.90. The highest BCUT2D eigenvalue weighted by atomic mass is 32.1. The summed E-state index contributed by atoms with van der Waals surface area (Å²) in [4.78, 5) is 0.403. The van der Waals surface area contributed by atoms with Crippen LogP contribution >= 0.6 is 12.6 Å². The third-order valence-corrected chi connectivity index (χ3v) is 1.71. The molecule has 0 bridgehead atoms. The first kappa shape index (κ1) is 9.45. The number of benzene rings is 1. The molecule has 0 amide bonds. The Morgan fingerprint density at radius 3 is 2.50 bits per heavy atom. The highest BCUT2D eigenvalue weighted by Crippen LogP contribution is 2.29. The van der Waals surface area contributed by atoms with E-state index in [2.05, 4.69) is 12.6 Å². The van der Waals surface area contributed by atoms with Gasteiger partial charge in [0.05, 0.1) is 0 Å². The average molecular weight is 192 g/mol. The monoisotopic (exact) mass is 192 g/mol. The van der Waals surface area contributed by atoms with E-state index in [1.807, 2.05) is 0 Å². The maximum absolute atomic E-state index is 12.7. The lowest BCUT2D eigenvalue weighted by Gasteiger charge is -2.12. The van der Waals surface area contributed by atoms with Crippen molar-refractivity contribution < 1.29 is 13.2 Å². The van der Waals surface area contributed by atoms with E-state index in [0.717, 1.165) is 6.07 Å². The van der Waals surface area contributed by atoms with Gasteiger partial charge in [0.25, 0.3) is 0 Å². The lowest BCUT2D eigenvalue weighted by Crippen LogP contribution is -2.15. The molecule has 0 saturated carbocycles. The number of alkyl halides is 3. The van der Waals surface area contributed by atoms with Crippen molar-refractivity contribution in [2.24, 2.45) is 0 Å². The molecule has 0 aromatic heterocycles. The molecular formula is C8H7F3S. The van der Waals surface area contributed by atoms with Gasteiger partial charge in [-0.15, -0.1) is 12.6 Å². The van der Waals surface area contributed by atoms with Crippen molar-refractivity contribution in [2.75, 3.05) is 6.67 Å². The van der Waals surface area contributed by atoms with Crippen LogP contribution in [0, 0.1) is 0 Å². The summed E-state index contributed by atoms with van der Waals surface area (Å²) in [5.74, 6) is -3.39. The number of rotatable bonds is 2. The molecule has 0 heterocycles. The van der Waals surface area contributed by atoms with Gasteiger partial charge in [-0.1, -0.05) is 12.1 Å². The van der Waals surface area contributed by atoms with Crippen molar-refractivity contribution in [3.63, 3.8) is 0 Å². The summed E-state index contributed by atoms with van der Waals surface area (Å²) in [5, 5.41) is 0. The van der Waals surface area contributed by atoms with Crippen LogP contribution in [0.25, 0.3) is 0 Å². The summed E-state index contributed by atoms with van der Waals surface area (Å²) < 4.78 is 37.1. The maximum atomic E-state index is 12.7. The Hall–Kier alpha value is -0.640. The normalized spacial score (nSPS) is 11.7. The molecule has 0 aliphatic heterocycles. The molecule has 1 aromatic rings. The first-order valence-electron chi connectivity index (χ1n) is 3.29. The molecular weight excluding hydrogens is 185 g/mol. The van der Waals surface area contributed by atoms with E-state index < -0.39 is 12.6 Å². The molecule has 0 saturated heterocycles. The first-order valence-corrected chi connectivity index (χ1v) is 3.74. The molecule has 0 atom stereocenters. The van der Waals surface area contributed by atoms with Crippen LogP contribution in [0.5, 0.6) is 0 Å². The standard InChI is InChI=1S/C8H7F3S/c9-5-8(10,11)6-2-1-3-7(12)4-6/h1-4,12H,5H2. The molecule has 1 rings (SSSR count). The van der Waals surface area contributed by atoms with Crippen LogP contribution in [0.1, 0.15) is 5.56 Å². The van der Waals surface area contributed by atoms with E-state index in [9.17, 15) is 13.2 Å². The van der Waals surface area contributed by atoms with E-state index >= 15 is 0 Å². The lowest BCUT2D eigenvalue weighted by atomic mass is 10.1. The number of hydrogen-bond acceptors (Lipinski definition) is 1. The zero-order valence-electron chi connectivity index (χ0n) is 6.10. The van der Waals surface area contributed by atoms with Crippen molar-refractivity contribution in [1.29, 1.82) is 0 Å². The second-order valence-electron chi connectivity index (χ2n) is 2.39. The van der Waals surface area contributed by atoms with Crippen LogP contribution in [0.15, 0.2) is 29.2 Å². The molecule has 66 valence electrons. The van der Waals surface area contributed by atoms with Crippen LogP contribution in [-0.4, -0.2) is 6.67 Å². The third kappa shape index (κ3) is 1.94. The Balaban J connectivity index is 3.03. The number of hydrogen-bond donors (Lipinski definition) is 1. The molecule has 0 unspecified atom stereocenters. The maximum Gasteiger partial charge on any atom is 0.301 e. The Morgan fingerprint density at radius 2 is 2.00 bits per heavy atom. The van der Waals surface area contributed by atoms with Crippen LogP contribution < -0.4 is 0 Å². The van der Waals surface area contributed by atoms with Crippen molar-refractivity contribution in [2.45, 2.75) is 10.8 Å². The van der Waals surface area contributed by atoms with Crippen LogP contribution in [-0.2, 0) is 5.92 Å². The summed E-state index contributed by atoms with van der Waals surface area (Å²) in [6.45, 7) is -1.68. The Morgan fingerprint density at radius 1 is 1.33 bits per heavy atom. The largest absolute Gasteiger partial charge is 0.301 e. The predicted octanol–water partition coefficient (Wildman–Crippen LogP) is 3.04. The minimum Gasteiger partial charge on any atom is -0.244 e. The third-order valence-electron chi connectivity index (χ3n) is 1.44. The fourth-order valence-corrected chi connectivity index (χ4v) is 1.04. The molecule has 0 N–H and O–H groups in total. The highest BCUT2D eigenvalue weighted by molar-refractivity contribution is 7.80. The lowest BCUT2D eigenvalue weighted by molar-refractivity contribution is -0.0282. The average Bonchev–Trinajstić information content (AvgIpc) is 2.05. The molecule has 12 heavy (non-hydrogen) atoms. The first-order chi connectivity index (χ1) is 5.56. The minimum atomic E-state index is -3.39. The van der Waals surface area contributed by atoms with Gasteiger partial charge in [-0.2, -0.15) is 8.78 Å². The van der Waals surface area contributed by atoms with Crippen molar-refractivity contribution in [3.05, 3.63) is 29.8 Å². The van der Waals surface area contributed by atoms with E-state index in [1.165, 1.54) is 12.1 Å². The summed E-state index contributed by atoms with van der Waals surface area (Å²) in [6, 6.07) is 5.31. The van der Waals surface area contributed by atoms with Crippen LogP contribution in [0.4, 0.5) is 13.2 Å². The van der Waals surface area contributed by atoms with E-state index in [4.69, 9.17) is 0 Å². The minimum absolute atomic E-state index is 0.336. The van der Waals surface area contributed by atoms with Gasteiger partial charge in [-0.05, 0) is 12.1 Å². The van der Waals surface area contributed by atoms with Gasteiger partial charge >= 0.3 is 5.92 Å². The predicted molar refractivity (Wildman–Crippen MR) is 43.6 cm³/mol. The van der Waals surface area contributed by atoms with Gasteiger partial charge in [0.1, 0.15) is 0 Å². The van der Waals surface area contributed by atoms with Crippen LogP contribution in [0.3, 0.4) is 0 Å². The van der Waals surface area contributed by atoms with E-state index in [0.29, 0.717) is 4.90 Å². The fourth-order valence-electron chi connectivity index (χ4n) is 0.811. The molecule has 4 heteroatoms. The van der Waals surface area contributed by atoms with Gasteiger partial charge in [0.2, 0.25) is 0 Å². The SMILES string of the molecule is FCC(F)(F)c1cccc(S)c1. The topological polar surface area (TPSA) is 0 Å². The summed E-state index contributed by atoms with van der Waals surface area (Å²) in [5.41, 5.74) is -0.336. The molecule has 0 spiro atoms. The Bertz CT molecular complexity index is 273. The molecule has 0 aliphatic carbocycles. The zero-order valence-corrected chi connectivity index (χ0v) is 6.99. The van der Waals surface area contributed by atoms with Gasteiger partial charge in [0, 0.05) is 10.5 Å². The van der Waals surface area contributed by atoms with Crippen LogP contribution in [0.2, 0.25) is 0 Å². The molecule has 0 radical (unpaired) electrons. The van der Waals surface area contributed by atoms with Gasteiger partial charge in [0.15, 0.2) is 6.67 Å². The van der Waals surface area contributed by atoms with E-state index in [-0.39, 0.29) is 5.56 Å². The smallest absolute Gasteiger partial charge is 0.244 e. The molecule has 0 aliphatic rings. The van der Waals surface area contributed by atoms with Crippen molar-refractivity contribution in [3.8, 4) is 0 Å². The van der Waals surface area contributed by atoms with Crippen molar-refractivity contribution in [1.82, 2.24) is 0 Å². The highest BCUT2D eigenvalue weighted by Gasteiger charge is 2.31. The van der Waals surface area contributed by atoms with Crippen molar-refractivity contribution >= 4 is 12.6 Å². The quantitative estimate of drug-likeness (QED) is 0.684.